The molecule has 2 rings (SSSR count). The van der Waals surface area contributed by atoms with Crippen molar-refractivity contribution in [2.45, 2.75) is 34.6 Å². The van der Waals surface area contributed by atoms with Gasteiger partial charge in [0.2, 0.25) is 0 Å². The molecule has 0 N–H and O–H groups in total. The average Bonchev–Trinajstić information content (AvgIpc) is 2.67. The molecule has 7 heteroatoms. The highest BCUT2D eigenvalue weighted by Gasteiger charge is 2.08. The summed E-state index contributed by atoms with van der Waals surface area (Å²) >= 11 is 3.29. The van der Waals surface area contributed by atoms with Crippen LogP contribution in [0.15, 0.2) is 40.9 Å². The van der Waals surface area contributed by atoms with E-state index in [-0.39, 0.29) is 25.1 Å². The summed E-state index contributed by atoms with van der Waals surface area (Å²) < 4.78 is 11.1. The molecule has 0 fully saturated rings. The molecule has 158 valence electrons. The molecule has 0 amide bonds. The molecule has 0 spiro atoms. The maximum absolute atomic E-state index is 11.1. The lowest BCUT2D eigenvalue weighted by atomic mass is 10.1. The molecule has 0 heterocycles. The fraction of sp³-hybridized carbons (Fsp3) is 0.318. The Kier molecular flexibility index (Phi) is 14.9. The summed E-state index contributed by atoms with van der Waals surface area (Å²) in [6.07, 6.45) is 1.20. The minimum absolute atomic E-state index is 0. The van der Waals surface area contributed by atoms with Crippen LogP contribution in [-0.4, -0.2) is 31.9 Å². The number of ketones is 2. The van der Waals surface area contributed by atoms with E-state index < -0.39 is 0 Å². The highest BCUT2D eigenvalue weighted by Crippen LogP contribution is 2.23. The van der Waals surface area contributed by atoms with Crippen LogP contribution < -0.4 is 9.47 Å². The third-order valence-electron chi connectivity index (χ3n) is 3.60. The molecule has 2 aromatic rings. The van der Waals surface area contributed by atoms with Crippen LogP contribution in [0.5, 0.6) is 11.5 Å². The van der Waals surface area contributed by atoms with E-state index in [0.717, 1.165) is 10.9 Å². The monoisotopic (exact) mass is 466 g/mol. The third-order valence-corrected chi connectivity index (χ3v) is 4.09. The Labute approximate surface area is 180 Å². The zero-order chi connectivity index (χ0) is 21.7. The van der Waals surface area contributed by atoms with Crippen molar-refractivity contribution < 1.29 is 28.7 Å². The lowest BCUT2D eigenvalue weighted by Crippen LogP contribution is -1.98. The van der Waals surface area contributed by atoms with Gasteiger partial charge >= 0.3 is 6.15 Å². The molecule has 0 radical (unpaired) electrons. The van der Waals surface area contributed by atoms with Crippen LogP contribution in [0.4, 0.5) is 0 Å². The molecule has 0 aliphatic carbocycles. The van der Waals surface area contributed by atoms with Gasteiger partial charge in [0, 0.05) is 4.47 Å². The van der Waals surface area contributed by atoms with E-state index in [2.05, 4.69) is 22.9 Å². The second-order valence-corrected chi connectivity index (χ2v) is 6.34. The van der Waals surface area contributed by atoms with Crippen LogP contribution in [0.2, 0.25) is 0 Å². The van der Waals surface area contributed by atoms with Crippen molar-refractivity contribution in [3.63, 3.8) is 0 Å². The van der Waals surface area contributed by atoms with Gasteiger partial charge in [0.15, 0.2) is 11.6 Å². The van der Waals surface area contributed by atoms with E-state index in [1.807, 2.05) is 24.3 Å². The first-order valence-corrected chi connectivity index (χ1v) is 9.06. The number of hydrogen-bond donors (Lipinski definition) is 0. The molecular formula is C22H27BrO6. The Morgan fingerprint density at radius 1 is 0.897 bits per heavy atom. The van der Waals surface area contributed by atoms with Crippen LogP contribution in [0, 0.1) is 0 Å². The van der Waals surface area contributed by atoms with Gasteiger partial charge in [0.05, 0.1) is 25.3 Å². The molecular weight excluding hydrogens is 440 g/mol. The fourth-order valence-corrected chi connectivity index (χ4v) is 2.54. The molecule has 0 unspecified atom stereocenters. The van der Waals surface area contributed by atoms with Crippen LogP contribution in [0.25, 0.3) is 0 Å². The number of methoxy groups -OCH3 is 2. The summed E-state index contributed by atoms with van der Waals surface area (Å²) in [4.78, 5) is 38.4. The number of carbonyl (C=O) groups excluding carboxylic acids is 4. The molecule has 0 saturated carbocycles. The summed E-state index contributed by atoms with van der Waals surface area (Å²) in [5.74, 6) is 1.34. The van der Waals surface area contributed by atoms with Gasteiger partial charge in [-0.05, 0) is 56.2 Å². The Morgan fingerprint density at radius 3 is 1.69 bits per heavy atom. The first-order chi connectivity index (χ1) is 13.2. The van der Waals surface area contributed by atoms with Crippen molar-refractivity contribution in [3.05, 3.63) is 57.6 Å². The van der Waals surface area contributed by atoms with Crippen molar-refractivity contribution >= 4 is 33.6 Å². The Hall–Kier alpha value is -2.76. The minimum Gasteiger partial charge on any atom is -0.496 e. The summed E-state index contributed by atoms with van der Waals surface area (Å²) in [7, 11) is 3.13. The van der Waals surface area contributed by atoms with Gasteiger partial charge in [0.1, 0.15) is 11.5 Å². The minimum atomic E-state index is 0. The number of carbonyl (C=O) groups is 2. The van der Waals surface area contributed by atoms with E-state index in [1.165, 1.54) is 12.5 Å². The number of ether oxygens (including phenoxy) is 2. The molecule has 0 aromatic heterocycles. The predicted octanol–water partition coefficient (Wildman–Crippen LogP) is 5.17. The number of halogens is 1. The lowest BCUT2D eigenvalue weighted by Gasteiger charge is -2.06. The van der Waals surface area contributed by atoms with Crippen LogP contribution in [0.1, 0.15) is 54.5 Å². The molecule has 0 aliphatic rings. The standard InChI is InChI=1S/C11H14O2.C9H9BrO2.CO2.CH4/c1-4-9-5-6-10(8(2)12)11(7-9)13-3;1-6(11)8-4-3-7(10)5-9(8)12-2;2-1-3;/h5-7H,4H2,1-3H3;3-5H,1-2H3;;1H4. The van der Waals surface area contributed by atoms with E-state index in [9.17, 15) is 9.59 Å². The maximum Gasteiger partial charge on any atom is 0.373 e. The molecule has 2 aromatic carbocycles. The second-order valence-electron chi connectivity index (χ2n) is 5.43. The van der Waals surface area contributed by atoms with Gasteiger partial charge in [-0.25, -0.2) is 0 Å². The molecule has 0 aliphatic heterocycles. The molecule has 0 atom stereocenters. The zero-order valence-electron chi connectivity index (χ0n) is 16.5. The Morgan fingerprint density at radius 2 is 1.31 bits per heavy atom. The van der Waals surface area contributed by atoms with Gasteiger partial charge in [-0.1, -0.05) is 36.3 Å². The van der Waals surface area contributed by atoms with Crippen molar-refractivity contribution in [3.8, 4) is 11.5 Å². The van der Waals surface area contributed by atoms with E-state index in [1.54, 1.807) is 33.3 Å². The Bertz CT molecular complexity index is 839. The third kappa shape index (κ3) is 9.83. The van der Waals surface area contributed by atoms with E-state index in [4.69, 9.17) is 19.1 Å². The summed E-state index contributed by atoms with van der Waals surface area (Å²) in [6.45, 7) is 5.14. The van der Waals surface area contributed by atoms with Crippen molar-refractivity contribution in [1.29, 1.82) is 0 Å². The Balaban J connectivity index is 0. The van der Waals surface area contributed by atoms with Crippen molar-refractivity contribution in [1.82, 2.24) is 0 Å². The summed E-state index contributed by atoms with van der Waals surface area (Å²) in [5, 5.41) is 0. The van der Waals surface area contributed by atoms with E-state index in [0.29, 0.717) is 22.6 Å². The van der Waals surface area contributed by atoms with Gasteiger partial charge in [0.25, 0.3) is 0 Å². The van der Waals surface area contributed by atoms with Crippen molar-refractivity contribution in [2.24, 2.45) is 0 Å². The highest BCUT2D eigenvalue weighted by atomic mass is 79.9. The second kappa shape index (κ2) is 15.2. The van der Waals surface area contributed by atoms with Gasteiger partial charge < -0.3 is 9.47 Å². The molecule has 0 bridgehead atoms. The first kappa shape index (κ1) is 28.4. The van der Waals surface area contributed by atoms with Crippen molar-refractivity contribution in [2.75, 3.05) is 14.2 Å². The maximum atomic E-state index is 11.1. The average molecular weight is 467 g/mol. The van der Waals surface area contributed by atoms with Gasteiger partial charge in [-0.3, -0.25) is 9.59 Å². The number of aryl methyl sites for hydroxylation is 1. The predicted molar refractivity (Wildman–Crippen MR) is 115 cm³/mol. The lowest BCUT2D eigenvalue weighted by molar-refractivity contribution is -0.191. The molecule has 6 nitrogen and oxygen atoms in total. The van der Waals surface area contributed by atoms with Crippen LogP contribution in [0.3, 0.4) is 0 Å². The molecule has 29 heavy (non-hydrogen) atoms. The SMILES string of the molecule is C.CCc1ccc(C(C)=O)c(OC)c1.COc1cc(Br)ccc1C(C)=O.O=C=O. The molecule has 0 saturated heterocycles. The fourth-order valence-electron chi connectivity index (χ4n) is 2.20. The quantitative estimate of drug-likeness (QED) is 0.564. The largest absolute Gasteiger partial charge is 0.496 e. The number of rotatable bonds is 5. The first-order valence-electron chi connectivity index (χ1n) is 8.27. The number of hydrogen-bond acceptors (Lipinski definition) is 6. The highest BCUT2D eigenvalue weighted by molar-refractivity contribution is 9.10. The topological polar surface area (TPSA) is 86.7 Å². The van der Waals surface area contributed by atoms with Gasteiger partial charge in [-0.2, -0.15) is 9.59 Å². The zero-order valence-corrected chi connectivity index (χ0v) is 18.1. The summed E-state index contributed by atoms with van der Waals surface area (Å²) in [6, 6.07) is 11.0. The smallest absolute Gasteiger partial charge is 0.373 e. The normalized spacial score (nSPS) is 8.62. The van der Waals surface area contributed by atoms with Gasteiger partial charge in [-0.15, -0.1) is 0 Å². The summed E-state index contributed by atoms with van der Waals surface area (Å²) in [5.41, 5.74) is 2.45. The van der Waals surface area contributed by atoms with Crippen LogP contribution in [-0.2, 0) is 16.0 Å². The van der Waals surface area contributed by atoms with Crippen LogP contribution >= 0.6 is 15.9 Å². The van der Waals surface area contributed by atoms with E-state index >= 15 is 0 Å². The number of Topliss-reactive ketones (excluding diaryl/α,β-unsaturated/α-hetero) is 2. The number of benzene rings is 2.